The minimum atomic E-state index is -0.0332. The minimum Gasteiger partial charge on any atom is -0.469 e. The zero-order valence-electron chi connectivity index (χ0n) is 11.4. The summed E-state index contributed by atoms with van der Waals surface area (Å²) in [5.41, 5.74) is 5.84. The Morgan fingerprint density at radius 3 is 2.84 bits per heavy atom. The van der Waals surface area contributed by atoms with Gasteiger partial charge >= 0.3 is 0 Å². The summed E-state index contributed by atoms with van der Waals surface area (Å²) in [6.07, 6.45) is 3.21. The Kier molecular flexibility index (Phi) is 4.29. The maximum Gasteiger partial charge on any atom is 0.130 e. The van der Waals surface area contributed by atoms with Gasteiger partial charge in [0.2, 0.25) is 0 Å². The zero-order valence-corrected chi connectivity index (χ0v) is 12.2. The summed E-state index contributed by atoms with van der Waals surface area (Å²) in [5.74, 6) is 6.63. The van der Waals surface area contributed by atoms with Crippen molar-refractivity contribution in [2.24, 2.45) is 12.9 Å². The lowest BCUT2D eigenvalue weighted by Crippen LogP contribution is -2.30. The number of hydrogen-bond donors (Lipinski definition) is 2. The van der Waals surface area contributed by atoms with E-state index in [9.17, 15) is 0 Å². The fraction of sp³-hybridized carbons (Fsp3) is 0.462. The second-order valence-electron chi connectivity index (χ2n) is 4.55. The molecule has 3 N–H and O–H groups in total. The molecule has 0 aliphatic rings. The molecule has 0 spiro atoms. The summed E-state index contributed by atoms with van der Waals surface area (Å²) in [6.45, 7) is 4.00. The third-order valence-electron chi connectivity index (χ3n) is 3.36. The first kappa shape index (κ1) is 14.1. The first-order chi connectivity index (χ1) is 9.08. The number of nitrogens with zero attached hydrogens (tertiary/aromatic N) is 2. The average Bonchev–Trinajstić information content (AvgIpc) is 2.95. The first-order valence-electron chi connectivity index (χ1n) is 6.28. The fourth-order valence-corrected chi connectivity index (χ4v) is 2.57. The number of halogens is 1. The Morgan fingerprint density at radius 2 is 2.32 bits per heavy atom. The van der Waals surface area contributed by atoms with E-state index in [1.807, 2.05) is 20.0 Å². The van der Waals surface area contributed by atoms with Gasteiger partial charge in [0.05, 0.1) is 18.0 Å². The van der Waals surface area contributed by atoms with Crippen LogP contribution in [0.3, 0.4) is 0 Å². The van der Waals surface area contributed by atoms with Crippen LogP contribution in [0.2, 0.25) is 5.15 Å². The van der Waals surface area contributed by atoms with Crippen LogP contribution in [0, 0.1) is 6.92 Å². The van der Waals surface area contributed by atoms with Gasteiger partial charge in [-0.2, -0.15) is 5.10 Å². The molecule has 0 bridgehead atoms. The zero-order chi connectivity index (χ0) is 14.0. The van der Waals surface area contributed by atoms with Crippen LogP contribution in [-0.2, 0) is 19.9 Å². The average molecular weight is 283 g/mol. The lowest BCUT2D eigenvalue weighted by molar-refractivity contribution is 0.487. The molecule has 0 saturated carbocycles. The van der Waals surface area contributed by atoms with Crippen molar-refractivity contribution < 1.29 is 4.42 Å². The molecule has 0 saturated heterocycles. The van der Waals surface area contributed by atoms with Crippen LogP contribution in [-0.4, -0.2) is 9.78 Å². The van der Waals surface area contributed by atoms with Crippen molar-refractivity contribution in [1.82, 2.24) is 15.2 Å². The summed E-state index contributed by atoms with van der Waals surface area (Å²) < 4.78 is 7.13. The van der Waals surface area contributed by atoms with Crippen LogP contribution in [0.5, 0.6) is 0 Å². The third-order valence-corrected chi connectivity index (χ3v) is 3.83. The van der Waals surface area contributed by atoms with Gasteiger partial charge in [-0.25, -0.2) is 0 Å². The molecule has 0 aliphatic heterocycles. The van der Waals surface area contributed by atoms with E-state index in [2.05, 4.69) is 17.4 Å². The van der Waals surface area contributed by atoms with E-state index in [4.69, 9.17) is 21.9 Å². The van der Waals surface area contributed by atoms with E-state index >= 15 is 0 Å². The summed E-state index contributed by atoms with van der Waals surface area (Å²) in [7, 11) is 1.83. The maximum atomic E-state index is 6.26. The summed E-state index contributed by atoms with van der Waals surface area (Å²) in [6, 6.07) is 1.91. The molecule has 0 aromatic carbocycles. The Balaban J connectivity index is 2.29. The molecule has 2 heterocycles. The number of hydrazine groups is 1. The Bertz CT molecular complexity index is 561. The van der Waals surface area contributed by atoms with Crippen molar-refractivity contribution in [3.63, 3.8) is 0 Å². The third kappa shape index (κ3) is 2.68. The van der Waals surface area contributed by atoms with Crippen molar-refractivity contribution in [2.75, 3.05) is 0 Å². The maximum absolute atomic E-state index is 6.26. The highest BCUT2D eigenvalue weighted by Crippen LogP contribution is 2.27. The highest BCUT2D eigenvalue weighted by molar-refractivity contribution is 6.30. The van der Waals surface area contributed by atoms with Crippen LogP contribution >= 0.6 is 11.6 Å². The standard InChI is InChI=1S/C13H19ClN4O/c1-4-12-9(5-6-19-12)11(16-15)7-10-8(2)17-18(3)13(10)14/h5-6,11,16H,4,7,15H2,1-3H3. The van der Waals surface area contributed by atoms with E-state index in [0.29, 0.717) is 11.6 Å². The molecule has 0 aliphatic carbocycles. The predicted octanol–water partition coefficient (Wildman–Crippen LogP) is 2.28. The van der Waals surface area contributed by atoms with Crippen molar-refractivity contribution in [2.45, 2.75) is 32.7 Å². The normalized spacial score (nSPS) is 12.9. The van der Waals surface area contributed by atoms with E-state index in [1.165, 1.54) is 0 Å². The van der Waals surface area contributed by atoms with Crippen LogP contribution in [0.1, 0.15) is 35.5 Å². The topological polar surface area (TPSA) is 69.0 Å². The van der Waals surface area contributed by atoms with Crippen molar-refractivity contribution in [1.29, 1.82) is 0 Å². The number of hydrogen-bond acceptors (Lipinski definition) is 4. The largest absolute Gasteiger partial charge is 0.469 e. The van der Waals surface area contributed by atoms with E-state index in [1.54, 1.807) is 10.9 Å². The van der Waals surface area contributed by atoms with Gasteiger partial charge in [0.1, 0.15) is 10.9 Å². The van der Waals surface area contributed by atoms with Crippen LogP contribution < -0.4 is 11.3 Å². The van der Waals surface area contributed by atoms with Crippen molar-refractivity contribution >= 4 is 11.6 Å². The lowest BCUT2D eigenvalue weighted by atomic mass is 9.99. The second kappa shape index (κ2) is 5.77. The number of nitrogens with two attached hydrogens (primary N) is 1. The predicted molar refractivity (Wildman–Crippen MR) is 74.8 cm³/mol. The molecule has 0 fully saturated rings. The summed E-state index contributed by atoms with van der Waals surface area (Å²) in [5, 5.41) is 4.97. The van der Waals surface area contributed by atoms with Gasteiger partial charge in [0.25, 0.3) is 0 Å². The molecular weight excluding hydrogens is 264 g/mol. The van der Waals surface area contributed by atoms with Crippen molar-refractivity contribution in [3.8, 4) is 0 Å². The molecule has 2 rings (SSSR count). The Morgan fingerprint density at radius 1 is 1.58 bits per heavy atom. The SMILES string of the molecule is CCc1occc1C(Cc1c(C)nn(C)c1Cl)NN. The van der Waals surface area contributed by atoms with E-state index < -0.39 is 0 Å². The van der Waals surface area contributed by atoms with Crippen LogP contribution in [0.4, 0.5) is 0 Å². The lowest BCUT2D eigenvalue weighted by Gasteiger charge is -2.15. The minimum absolute atomic E-state index is 0.0332. The number of rotatable bonds is 5. The number of aromatic nitrogens is 2. The molecule has 1 atom stereocenters. The molecule has 2 aromatic rings. The molecule has 0 amide bonds. The fourth-order valence-electron chi connectivity index (χ4n) is 2.32. The van der Waals surface area contributed by atoms with Gasteiger partial charge in [-0.3, -0.25) is 16.0 Å². The molecule has 19 heavy (non-hydrogen) atoms. The summed E-state index contributed by atoms with van der Waals surface area (Å²) in [4.78, 5) is 0. The molecule has 1 unspecified atom stereocenters. The highest BCUT2D eigenvalue weighted by Gasteiger charge is 2.20. The monoisotopic (exact) mass is 282 g/mol. The molecule has 6 heteroatoms. The van der Waals surface area contributed by atoms with Crippen LogP contribution in [0.25, 0.3) is 0 Å². The molecule has 104 valence electrons. The number of aryl methyl sites for hydroxylation is 3. The molecule has 2 aromatic heterocycles. The quantitative estimate of drug-likeness (QED) is 0.652. The first-order valence-corrected chi connectivity index (χ1v) is 6.66. The van der Waals surface area contributed by atoms with Crippen LogP contribution in [0.15, 0.2) is 16.7 Å². The van der Waals surface area contributed by atoms with E-state index in [0.717, 1.165) is 29.0 Å². The van der Waals surface area contributed by atoms with Gasteiger partial charge in [0, 0.05) is 24.6 Å². The smallest absolute Gasteiger partial charge is 0.130 e. The molecular formula is C13H19ClN4O. The van der Waals surface area contributed by atoms with Gasteiger partial charge < -0.3 is 4.42 Å². The second-order valence-corrected chi connectivity index (χ2v) is 4.91. The van der Waals surface area contributed by atoms with Gasteiger partial charge in [0.15, 0.2) is 0 Å². The number of furan rings is 1. The van der Waals surface area contributed by atoms with E-state index in [-0.39, 0.29) is 6.04 Å². The van der Waals surface area contributed by atoms with Crippen molar-refractivity contribution in [3.05, 3.63) is 40.1 Å². The Labute approximate surface area is 117 Å². The van der Waals surface area contributed by atoms with Gasteiger partial charge in [-0.05, 0) is 19.4 Å². The summed E-state index contributed by atoms with van der Waals surface area (Å²) >= 11 is 6.26. The van der Waals surface area contributed by atoms with Gasteiger partial charge in [-0.15, -0.1) is 0 Å². The van der Waals surface area contributed by atoms with Gasteiger partial charge in [-0.1, -0.05) is 18.5 Å². The Hall–Kier alpha value is -1.30. The molecule has 5 nitrogen and oxygen atoms in total. The molecule has 0 radical (unpaired) electrons. The number of nitrogens with one attached hydrogen (secondary N) is 1. The highest BCUT2D eigenvalue weighted by atomic mass is 35.5.